The molecule has 6 nitrogen and oxygen atoms in total. The topological polar surface area (TPSA) is 71.1 Å². The van der Waals surface area contributed by atoms with E-state index in [1.807, 2.05) is 0 Å². The van der Waals surface area contributed by atoms with Crippen LogP contribution in [0.3, 0.4) is 0 Å². The molecule has 0 aliphatic carbocycles. The first-order chi connectivity index (χ1) is 9.74. The van der Waals surface area contributed by atoms with E-state index in [1.54, 1.807) is 7.11 Å². The Morgan fingerprint density at radius 3 is 2.60 bits per heavy atom. The number of rotatable bonds is 11. The molecule has 1 rings (SSSR count). The Kier molecular flexibility index (Phi) is 9.82. The summed E-state index contributed by atoms with van der Waals surface area (Å²) in [6, 6.07) is 0. The lowest BCUT2D eigenvalue weighted by Gasteiger charge is -2.20. The van der Waals surface area contributed by atoms with Crippen molar-refractivity contribution in [2.24, 2.45) is 5.92 Å². The first-order valence-electron chi connectivity index (χ1n) is 6.90. The molecule has 2 atom stereocenters. The highest BCUT2D eigenvalue weighted by molar-refractivity contribution is 7.85. The molecule has 20 heavy (non-hydrogen) atoms. The molecule has 1 heterocycles. The van der Waals surface area contributed by atoms with Gasteiger partial charge in [0.05, 0.1) is 45.6 Å². The molecule has 118 valence electrons. The van der Waals surface area contributed by atoms with Crippen molar-refractivity contribution >= 4 is 16.8 Å². The first kappa shape index (κ1) is 17.6. The number of cyclic esters (lactones) is 1. The standard InChI is InChI=1S/C13H24O6S/c1-16-5-6-17-7-8-18-9-10-20(15)11-12-3-2-4-19-13(12)14/h12H,2-11H2,1H3. The van der Waals surface area contributed by atoms with E-state index in [2.05, 4.69) is 0 Å². The molecule has 0 saturated carbocycles. The Morgan fingerprint density at radius 2 is 1.90 bits per heavy atom. The molecule has 0 aromatic heterocycles. The van der Waals surface area contributed by atoms with Gasteiger partial charge in [0, 0.05) is 29.4 Å². The lowest BCUT2D eigenvalue weighted by molar-refractivity contribution is -0.151. The zero-order chi connectivity index (χ0) is 14.6. The molecule has 1 aliphatic heterocycles. The SMILES string of the molecule is COCCOCCOCCS(=O)CC1CCCOC1=O. The molecular weight excluding hydrogens is 284 g/mol. The van der Waals surface area contributed by atoms with Gasteiger partial charge in [0.1, 0.15) is 0 Å². The van der Waals surface area contributed by atoms with E-state index in [9.17, 15) is 9.00 Å². The molecule has 7 heteroatoms. The van der Waals surface area contributed by atoms with Crippen LogP contribution in [0, 0.1) is 5.92 Å². The van der Waals surface area contributed by atoms with Crippen LogP contribution in [0.15, 0.2) is 0 Å². The van der Waals surface area contributed by atoms with E-state index < -0.39 is 10.8 Å². The number of hydrogen-bond acceptors (Lipinski definition) is 6. The Hall–Kier alpha value is -0.500. The van der Waals surface area contributed by atoms with Gasteiger partial charge in [-0.25, -0.2) is 0 Å². The van der Waals surface area contributed by atoms with E-state index in [1.165, 1.54) is 0 Å². The molecule has 0 bridgehead atoms. The van der Waals surface area contributed by atoms with E-state index in [-0.39, 0.29) is 11.9 Å². The predicted molar refractivity (Wildman–Crippen MR) is 75.1 cm³/mol. The smallest absolute Gasteiger partial charge is 0.309 e. The largest absolute Gasteiger partial charge is 0.465 e. The molecule has 0 aromatic carbocycles. The lowest BCUT2D eigenvalue weighted by atomic mass is 10.0. The normalized spacial score (nSPS) is 20.6. The summed E-state index contributed by atoms with van der Waals surface area (Å²) in [5.41, 5.74) is 0. The summed E-state index contributed by atoms with van der Waals surface area (Å²) in [5, 5.41) is 0. The minimum atomic E-state index is -1.04. The van der Waals surface area contributed by atoms with Crippen LogP contribution in [0.1, 0.15) is 12.8 Å². The minimum Gasteiger partial charge on any atom is -0.465 e. The van der Waals surface area contributed by atoms with Crippen molar-refractivity contribution < 1.29 is 28.0 Å². The average Bonchev–Trinajstić information content (AvgIpc) is 2.44. The molecular formula is C13H24O6S. The molecule has 2 unspecified atom stereocenters. The Bertz CT molecular complexity index is 297. The minimum absolute atomic E-state index is 0.207. The highest BCUT2D eigenvalue weighted by atomic mass is 32.2. The fourth-order valence-electron chi connectivity index (χ4n) is 1.81. The third-order valence-corrected chi connectivity index (χ3v) is 4.32. The average molecular weight is 308 g/mol. The Balaban J connectivity index is 1.96. The maximum absolute atomic E-state index is 11.8. The maximum Gasteiger partial charge on any atom is 0.309 e. The van der Waals surface area contributed by atoms with Gasteiger partial charge in [-0.3, -0.25) is 9.00 Å². The van der Waals surface area contributed by atoms with Crippen LogP contribution in [0.25, 0.3) is 0 Å². The van der Waals surface area contributed by atoms with E-state index in [0.717, 1.165) is 12.8 Å². The van der Waals surface area contributed by atoms with E-state index in [4.69, 9.17) is 18.9 Å². The number of esters is 1. The summed E-state index contributed by atoms with van der Waals surface area (Å²) < 4.78 is 32.1. The van der Waals surface area contributed by atoms with Gasteiger partial charge in [-0.05, 0) is 12.8 Å². The molecule has 0 radical (unpaired) electrons. The summed E-state index contributed by atoms with van der Waals surface area (Å²) >= 11 is 0. The van der Waals surface area contributed by atoms with Crippen LogP contribution in [0.2, 0.25) is 0 Å². The second kappa shape index (κ2) is 11.2. The second-order valence-corrected chi connectivity index (χ2v) is 6.16. The van der Waals surface area contributed by atoms with Crippen molar-refractivity contribution in [3.05, 3.63) is 0 Å². The molecule has 1 fully saturated rings. The van der Waals surface area contributed by atoms with Crippen molar-refractivity contribution in [3.8, 4) is 0 Å². The van der Waals surface area contributed by atoms with Crippen LogP contribution < -0.4 is 0 Å². The molecule has 1 saturated heterocycles. The molecule has 0 amide bonds. The zero-order valence-electron chi connectivity index (χ0n) is 12.0. The number of carbonyl (C=O) groups excluding carboxylic acids is 1. The Labute approximate surface area is 122 Å². The third kappa shape index (κ3) is 7.94. The van der Waals surface area contributed by atoms with Crippen LogP contribution >= 0.6 is 0 Å². The zero-order valence-corrected chi connectivity index (χ0v) is 12.8. The number of methoxy groups -OCH3 is 1. The van der Waals surface area contributed by atoms with Crippen molar-refractivity contribution in [2.75, 3.05) is 58.3 Å². The summed E-state index contributed by atoms with van der Waals surface area (Å²) in [7, 11) is 0.587. The quantitative estimate of drug-likeness (QED) is 0.406. The number of ether oxygens (including phenoxy) is 4. The molecule has 0 aromatic rings. The van der Waals surface area contributed by atoms with Gasteiger partial charge in [0.15, 0.2) is 0 Å². The van der Waals surface area contributed by atoms with Crippen LogP contribution in [-0.2, 0) is 34.5 Å². The van der Waals surface area contributed by atoms with Crippen molar-refractivity contribution in [3.63, 3.8) is 0 Å². The van der Waals surface area contributed by atoms with Gasteiger partial charge < -0.3 is 18.9 Å². The van der Waals surface area contributed by atoms with Gasteiger partial charge in [-0.2, -0.15) is 0 Å². The van der Waals surface area contributed by atoms with Crippen LogP contribution in [0.5, 0.6) is 0 Å². The maximum atomic E-state index is 11.8. The van der Waals surface area contributed by atoms with Gasteiger partial charge in [0.2, 0.25) is 0 Å². The first-order valence-corrected chi connectivity index (χ1v) is 8.39. The molecule has 0 N–H and O–H groups in total. The van der Waals surface area contributed by atoms with Crippen molar-refractivity contribution in [1.29, 1.82) is 0 Å². The molecule has 0 spiro atoms. The Morgan fingerprint density at radius 1 is 1.20 bits per heavy atom. The molecule has 1 aliphatic rings. The third-order valence-electron chi connectivity index (χ3n) is 2.92. The van der Waals surface area contributed by atoms with Crippen molar-refractivity contribution in [1.82, 2.24) is 0 Å². The van der Waals surface area contributed by atoms with Gasteiger partial charge in [0.25, 0.3) is 0 Å². The lowest BCUT2D eigenvalue weighted by Crippen LogP contribution is -2.29. The van der Waals surface area contributed by atoms with Gasteiger partial charge in [-0.15, -0.1) is 0 Å². The monoisotopic (exact) mass is 308 g/mol. The highest BCUT2D eigenvalue weighted by Gasteiger charge is 2.25. The fourth-order valence-corrected chi connectivity index (χ4v) is 3.04. The number of hydrogen-bond donors (Lipinski definition) is 0. The second-order valence-electron chi connectivity index (χ2n) is 4.53. The number of carbonyl (C=O) groups is 1. The van der Waals surface area contributed by atoms with Gasteiger partial charge >= 0.3 is 5.97 Å². The van der Waals surface area contributed by atoms with Crippen LogP contribution in [0.4, 0.5) is 0 Å². The highest BCUT2D eigenvalue weighted by Crippen LogP contribution is 2.16. The van der Waals surface area contributed by atoms with Gasteiger partial charge in [-0.1, -0.05) is 0 Å². The summed E-state index contributed by atoms with van der Waals surface area (Å²) in [4.78, 5) is 11.4. The predicted octanol–water partition coefficient (Wildman–Crippen LogP) is 0.368. The van der Waals surface area contributed by atoms with Crippen molar-refractivity contribution in [2.45, 2.75) is 12.8 Å². The summed E-state index contributed by atoms with van der Waals surface area (Å²) in [6.07, 6.45) is 1.64. The van der Waals surface area contributed by atoms with Crippen LogP contribution in [-0.4, -0.2) is 68.4 Å². The van der Waals surface area contributed by atoms with E-state index in [0.29, 0.717) is 51.1 Å². The summed E-state index contributed by atoms with van der Waals surface area (Å²) in [6.45, 7) is 3.02. The summed E-state index contributed by atoms with van der Waals surface area (Å²) in [5.74, 6) is 0.410. The van der Waals surface area contributed by atoms with E-state index >= 15 is 0 Å². The fraction of sp³-hybridized carbons (Fsp3) is 0.923.